The van der Waals surface area contributed by atoms with Gasteiger partial charge < -0.3 is 14.6 Å². The van der Waals surface area contributed by atoms with E-state index in [0.29, 0.717) is 16.0 Å². The van der Waals surface area contributed by atoms with Gasteiger partial charge in [0.05, 0.1) is 5.75 Å². The summed E-state index contributed by atoms with van der Waals surface area (Å²) in [5.74, 6) is 1.58. The van der Waals surface area contributed by atoms with Crippen molar-refractivity contribution in [2.45, 2.75) is 39.0 Å². The summed E-state index contributed by atoms with van der Waals surface area (Å²) in [5.41, 5.74) is 3.98. The number of hydrogen-bond donors (Lipinski definition) is 1. The van der Waals surface area contributed by atoms with Gasteiger partial charge in [-0.2, -0.15) is 0 Å². The van der Waals surface area contributed by atoms with Crippen LogP contribution in [0.3, 0.4) is 0 Å². The van der Waals surface area contributed by atoms with Crippen molar-refractivity contribution in [3.05, 3.63) is 63.9 Å². The maximum atomic E-state index is 12.3. The summed E-state index contributed by atoms with van der Waals surface area (Å²) < 4.78 is 7.89. The molecule has 0 aliphatic heterocycles. The molecule has 3 rings (SSSR count). The number of carbonyl (C=O) groups is 1. The third-order valence-electron chi connectivity index (χ3n) is 4.51. The summed E-state index contributed by atoms with van der Waals surface area (Å²) in [4.78, 5) is 12.3. The van der Waals surface area contributed by atoms with Crippen LogP contribution in [0.4, 0.5) is 5.69 Å². The SMILES string of the molecule is Cc1cc(C)cc(NC(=O)CSc2nnc(C(C)Oc3ccc(Cl)cc3C)n2C)c1. The van der Waals surface area contributed by atoms with Gasteiger partial charge in [0.2, 0.25) is 5.91 Å². The van der Waals surface area contributed by atoms with Crippen LogP contribution >= 0.6 is 23.4 Å². The van der Waals surface area contributed by atoms with E-state index in [4.69, 9.17) is 16.3 Å². The lowest BCUT2D eigenvalue weighted by molar-refractivity contribution is -0.113. The second-order valence-electron chi connectivity index (χ2n) is 7.28. The molecule has 1 aromatic heterocycles. The number of benzene rings is 2. The van der Waals surface area contributed by atoms with E-state index in [1.54, 1.807) is 6.07 Å². The van der Waals surface area contributed by atoms with Crippen molar-refractivity contribution in [2.24, 2.45) is 7.05 Å². The standard InChI is InChI=1S/C22H25ClN4O2S/c1-13-8-14(2)10-18(9-13)24-20(28)12-30-22-26-25-21(27(22)5)16(4)29-19-7-6-17(23)11-15(19)3/h6-11,16H,12H2,1-5H3,(H,24,28). The van der Waals surface area contributed by atoms with Crippen LogP contribution in [-0.4, -0.2) is 26.4 Å². The van der Waals surface area contributed by atoms with Crippen molar-refractivity contribution < 1.29 is 9.53 Å². The quantitative estimate of drug-likeness (QED) is 0.503. The van der Waals surface area contributed by atoms with Crippen LogP contribution in [0, 0.1) is 20.8 Å². The molecule has 6 nitrogen and oxygen atoms in total. The molecule has 0 fully saturated rings. The highest BCUT2D eigenvalue weighted by molar-refractivity contribution is 7.99. The molecule has 0 aliphatic carbocycles. The molecule has 158 valence electrons. The lowest BCUT2D eigenvalue weighted by Crippen LogP contribution is -2.15. The summed E-state index contributed by atoms with van der Waals surface area (Å²) in [5, 5.41) is 12.7. The zero-order valence-electron chi connectivity index (χ0n) is 17.7. The normalized spacial score (nSPS) is 11.9. The van der Waals surface area contributed by atoms with Gasteiger partial charge in [-0.15, -0.1) is 10.2 Å². The smallest absolute Gasteiger partial charge is 0.234 e. The fraction of sp³-hybridized carbons (Fsp3) is 0.318. The van der Waals surface area contributed by atoms with E-state index in [1.807, 2.05) is 63.6 Å². The molecule has 1 N–H and O–H groups in total. The highest BCUT2D eigenvalue weighted by Crippen LogP contribution is 2.27. The molecule has 30 heavy (non-hydrogen) atoms. The number of thioether (sulfide) groups is 1. The number of anilines is 1. The van der Waals surface area contributed by atoms with Gasteiger partial charge in [0.25, 0.3) is 0 Å². The first kappa shape index (κ1) is 22.2. The summed E-state index contributed by atoms with van der Waals surface area (Å²) in [7, 11) is 1.87. The Kier molecular flexibility index (Phi) is 7.05. The Morgan fingerprint density at radius 3 is 2.53 bits per heavy atom. The van der Waals surface area contributed by atoms with Gasteiger partial charge in [-0.1, -0.05) is 29.4 Å². The molecule has 0 bridgehead atoms. The van der Waals surface area contributed by atoms with Gasteiger partial charge in [0.1, 0.15) is 5.75 Å². The molecule has 3 aromatic rings. The lowest BCUT2D eigenvalue weighted by Gasteiger charge is -2.16. The first-order chi connectivity index (χ1) is 14.2. The van der Waals surface area contributed by atoms with Crippen LogP contribution in [0.15, 0.2) is 41.6 Å². The van der Waals surface area contributed by atoms with E-state index in [2.05, 4.69) is 21.6 Å². The molecule has 0 radical (unpaired) electrons. The highest BCUT2D eigenvalue weighted by Gasteiger charge is 2.19. The maximum Gasteiger partial charge on any atom is 0.234 e. The third-order valence-corrected chi connectivity index (χ3v) is 5.77. The van der Waals surface area contributed by atoms with Gasteiger partial charge in [0, 0.05) is 17.8 Å². The molecule has 1 heterocycles. The van der Waals surface area contributed by atoms with Crippen molar-refractivity contribution in [1.29, 1.82) is 0 Å². The highest BCUT2D eigenvalue weighted by atomic mass is 35.5. The zero-order valence-corrected chi connectivity index (χ0v) is 19.3. The largest absolute Gasteiger partial charge is 0.482 e. The molecule has 0 aliphatic rings. The number of halogens is 1. The topological polar surface area (TPSA) is 69.0 Å². The molecule has 0 spiro atoms. The Hall–Kier alpha value is -2.51. The van der Waals surface area contributed by atoms with Crippen LogP contribution in [0.25, 0.3) is 0 Å². The molecule has 2 aromatic carbocycles. The number of carbonyl (C=O) groups excluding carboxylic acids is 1. The Morgan fingerprint density at radius 1 is 1.17 bits per heavy atom. The van der Waals surface area contributed by atoms with Crippen LogP contribution in [0.2, 0.25) is 5.02 Å². The van der Waals surface area contributed by atoms with Crippen molar-refractivity contribution >= 4 is 35.0 Å². The fourth-order valence-corrected chi connectivity index (χ4v) is 4.11. The molecule has 0 saturated carbocycles. The van der Waals surface area contributed by atoms with E-state index in [-0.39, 0.29) is 17.8 Å². The molecule has 1 unspecified atom stereocenters. The fourth-order valence-electron chi connectivity index (χ4n) is 3.17. The predicted octanol–water partition coefficient (Wildman–Crippen LogP) is 5.26. The number of rotatable bonds is 7. The van der Waals surface area contributed by atoms with Crippen molar-refractivity contribution in [3.8, 4) is 5.75 Å². The van der Waals surface area contributed by atoms with Crippen LogP contribution in [-0.2, 0) is 11.8 Å². The maximum absolute atomic E-state index is 12.3. The average Bonchev–Trinajstić information content (AvgIpc) is 3.02. The third kappa shape index (κ3) is 5.55. The Bertz CT molecular complexity index is 1050. The van der Waals surface area contributed by atoms with Gasteiger partial charge >= 0.3 is 0 Å². The van der Waals surface area contributed by atoms with Crippen molar-refractivity contribution in [2.75, 3.05) is 11.1 Å². The summed E-state index contributed by atoms with van der Waals surface area (Å²) >= 11 is 7.35. The molecular weight excluding hydrogens is 420 g/mol. The van der Waals surface area contributed by atoms with E-state index in [9.17, 15) is 4.79 Å². The minimum Gasteiger partial charge on any atom is -0.482 e. The number of aryl methyl sites for hydroxylation is 3. The minimum absolute atomic E-state index is 0.0874. The minimum atomic E-state index is -0.305. The molecule has 8 heteroatoms. The van der Waals surface area contributed by atoms with Gasteiger partial charge in [-0.05, 0) is 74.7 Å². The van der Waals surface area contributed by atoms with Gasteiger partial charge in [-0.3, -0.25) is 4.79 Å². The van der Waals surface area contributed by atoms with Crippen LogP contribution in [0.5, 0.6) is 5.75 Å². The number of ether oxygens (including phenoxy) is 1. The Labute approximate surface area is 186 Å². The predicted molar refractivity (Wildman–Crippen MR) is 122 cm³/mol. The second kappa shape index (κ2) is 9.53. The van der Waals surface area contributed by atoms with E-state index >= 15 is 0 Å². The molecule has 1 amide bonds. The van der Waals surface area contributed by atoms with Crippen molar-refractivity contribution in [1.82, 2.24) is 14.8 Å². The summed E-state index contributed by atoms with van der Waals surface area (Å²) in [6.45, 7) is 7.88. The average molecular weight is 445 g/mol. The van der Waals surface area contributed by atoms with E-state index in [0.717, 1.165) is 28.1 Å². The first-order valence-corrected chi connectivity index (χ1v) is 10.9. The first-order valence-electron chi connectivity index (χ1n) is 9.56. The number of nitrogens with zero attached hydrogens (tertiary/aromatic N) is 3. The van der Waals surface area contributed by atoms with E-state index in [1.165, 1.54) is 11.8 Å². The van der Waals surface area contributed by atoms with Crippen molar-refractivity contribution in [3.63, 3.8) is 0 Å². The molecular formula is C22H25ClN4O2S. The number of nitrogens with one attached hydrogen (secondary N) is 1. The summed E-state index contributed by atoms with van der Waals surface area (Å²) in [6, 6.07) is 11.5. The van der Waals surface area contributed by atoms with Crippen LogP contribution in [0.1, 0.15) is 35.5 Å². The second-order valence-corrected chi connectivity index (χ2v) is 8.66. The molecule has 1 atom stereocenters. The summed E-state index contributed by atoms with van der Waals surface area (Å²) in [6.07, 6.45) is -0.305. The number of aromatic nitrogens is 3. The van der Waals surface area contributed by atoms with Crippen LogP contribution < -0.4 is 10.1 Å². The number of hydrogen-bond acceptors (Lipinski definition) is 5. The Balaban J connectivity index is 1.61. The lowest BCUT2D eigenvalue weighted by atomic mass is 10.1. The Morgan fingerprint density at radius 2 is 1.87 bits per heavy atom. The molecule has 0 saturated heterocycles. The van der Waals surface area contributed by atoms with Gasteiger partial charge in [0.15, 0.2) is 17.1 Å². The van der Waals surface area contributed by atoms with Gasteiger partial charge in [-0.25, -0.2) is 0 Å². The monoisotopic (exact) mass is 444 g/mol. The zero-order chi connectivity index (χ0) is 21.8. The van der Waals surface area contributed by atoms with E-state index < -0.39 is 0 Å². The number of amides is 1.